The first kappa shape index (κ1) is 24.2. The van der Waals surface area contributed by atoms with Gasteiger partial charge in [0.2, 0.25) is 16.9 Å². The van der Waals surface area contributed by atoms with E-state index < -0.39 is 0 Å². The summed E-state index contributed by atoms with van der Waals surface area (Å²) in [7, 11) is 0. The predicted octanol–water partition coefficient (Wildman–Crippen LogP) is 5.43. The average Bonchev–Trinajstić information content (AvgIpc) is 3.38. The van der Waals surface area contributed by atoms with Gasteiger partial charge in [-0.3, -0.25) is 9.59 Å². The Bertz CT molecular complexity index is 1190. The Morgan fingerprint density at radius 2 is 1.94 bits per heavy atom. The van der Waals surface area contributed by atoms with E-state index in [-0.39, 0.29) is 17.7 Å². The van der Waals surface area contributed by atoms with Gasteiger partial charge in [-0.2, -0.15) is 0 Å². The molecule has 1 fully saturated rings. The number of hydrogen-bond donors (Lipinski definition) is 1. The highest BCUT2D eigenvalue weighted by Gasteiger charge is 2.34. The highest BCUT2D eigenvalue weighted by Crippen LogP contribution is 2.35. The molecule has 1 N–H and O–H groups in total. The van der Waals surface area contributed by atoms with Gasteiger partial charge in [-0.05, 0) is 74.2 Å². The lowest BCUT2D eigenvalue weighted by molar-refractivity contribution is -0.117. The maximum atomic E-state index is 12.6. The van der Waals surface area contributed by atoms with E-state index in [0.717, 1.165) is 33.1 Å². The molecule has 1 aliphatic heterocycles. The third-order valence-electron chi connectivity index (χ3n) is 5.62. The number of anilines is 2. The van der Waals surface area contributed by atoms with Gasteiger partial charge in [0.25, 0.3) is 0 Å². The number of nitrogens with zero attached hydrogens (tertiary/aromatic N) is 3. The van der Waals surface area contributed by atoms with Gasteiger partial charge in [-0.25, -0.2) is 0 Å². The van der Waals surface area contributed by atoms with Crippen LogP contribution in [-0.4, -0.2) is 35.2 Å². The predicted molar refractivity (Wildman–Crippen MR) is 135 cm³/mol. The molecule has 0 saturated carbocycles. The summed E-state index contributed by atoms with van der Waals surface area (Å²) in [5.74, 6) is 0.664. The fraction of sp³-hybridized carbons (Fsp3) is 0.360. The maximum absolute atomic E-state index is 12.6. The van der Waals surface area contributed by atoms with Gasteiger partial charge in [0.05, 0.1) is 6.61 Å². The second-order valence-corrected chi connectivity index (χ2v) is 10.1. The van der Waals surface area contributed by atoms with E-state index in [1.807, 2.05) is 49.9 Å². The molecule has 4 rings (SSSR count). The van der Waals surface area contributed by atoms with Gasteiger partial charge in [-0.15, -0.1) is 10.2 Å². The zero-order valence-corrected chi connectivity index (χ0v) is 21.0. The number of hydrogen-bond acceptors (Lipinski definition) is 6. The second-order valence-electron chi connectivity index (χ2n) is 8.61. The summed E-state index contributed by atoms with van der Waals surface area (Å²) >= 11 is 7.28. The van der Waals surface area contributed by atoms with Crippen molar-refractivity contribution in [3.05, 3.63) is 63.1 Å². The summed E-state index contributed by atoms with van der Waals surface area (Å²) in [6.07, 6.45) is 1.27. The molecule has 1 aliphatic rings. The molecule has 1 saturated heterocycles. The lowest BCUT2D eigenvalue weighted by atomic mass is 10.1. The van der Waals surface area contributed by atoms with Crippen LogP contribution in [0, 0.1) is 20.8 Å². The zero-order chi connectivity index (χ0) is 24.2. The molecule has 7 nitrogen and oxygen atoms in total. The zero-order valence-electron chi connectivity index (χ0n) is 19.4. The number of amides is 2. The van der Waals surface area contributed by atoms with Crippen LogP contribution in [0.4, 0.5) is 10.8 Å². The van der Waals surface area contributed by atoms with E-state index in [2.05, 4.69) is 21.6 Å². The number of benzene rings is 2. The molecule has 0 spiro atoms. The van der Waals surface area contributed by atoms with Crippen LogP contribution in [0.15, 0.2) is 36.4 Å². The van der Waals surface area contributed by atoms with E-state index in [1.165, 1.54) is 11.3 Å². The minimum atomic E-state index is -0.140. The number of carbonyl (C=O) groups is 2. The standard InChI is InChI=1S/C25H27ClN4O3S/c1-15-9-16(2)11-20(10-15)30-14-18(13-23(30)32)24-28-29-25(34-24)27-22(31)5-4-8-33-21-7-6-19(26)12-17(21)3/h6-7,9-12,18H,4-5,8,13-14H2,1-3H3,(H,27,29,31). The summed E-state index contributed by atoms with van der Waals surface area (Å²) in [4.78, 5) is 26.8. The van der Waals surface area contributed by atoms with Crippen molar-refractivity contribution in [1.82, 2.24) is 10.2 Å². The lowest BCUT2D eigenvalue weighted by Crippen LogP contribution is -2.24. The Labute approximate surface area is 208 Å². The summed E-state index contributed by atoms with van der Waals surface area (Å²) in [6, 6.07) is 11.6. The Kier molecular flexibility index (Phi) is 7.48. The van der Waals surface area contributed by atoms with Gasteiger partial charge in [-0.1, -0.05) is 29.0 Å². The highest BCUT2D eigenvalue weighted by molar-refractivity contribution is 7.15. The number of nitrogens with one attached hydrogen (secondary N) is 1. The van der Waals surface area contributed by atoms with Gasteiger partial charge < -0.3 is 15.0 Å². The molecule has 34 heavy (non-hydrogen) atoms. The molecular formula is C25H27ClN4O3S. The summed E-state index contributed by atoms with van der Waals surface area (Å²) in [5.41, 5.74) is 4.13. The minimum Gasteiger partial charge on any atom is -0.493 e. The first-order valence-corrected chi connectivity index (χ1v) is 12.4. The van der Waals surface area contributed by atoms with Crippen molar-refractivity contribution in [2.24, 2.45) is 0 Å². The van der Waals surface area contributed by atoms with Gasteiger partial charge in [0.15, 0.2) is 0 Å². The molecule has 2 heterocycles. The number of carbonyl (C=O) groups excluding carboxylic acids is 2. The number of halogens is 1. The molecule has 0 radical (unpaired) electrons. The molecule has 1 atom stereocenters. The Morgan fingerprint density at radius 1 is 1.18 bits per heavy atom. The Balaban J connectivity index is 1.27. The van der Waals surface area contributed by atoms with Crippen molar-refractivity contribution in [2.45, 2.75) is 46.0 Å². The number of rotatable bonds is 8. The van der Waals surface area contributed by atoms with Crippen molar-refractivity contribution in [3.63, 3.8) is 0 Å². The molecule has 9 heteroatoms. The van der Waals surface area contributed by atoms with Crippen molar-refractivity contribution in [1.29, 1.82) is 0 Å². The van der Waals surface area contributed by atoms with Crippen LogP contribution in [0.25, 0.3) is 0 Å². The molecule has 1 unspecified atom stereocenters. The van der Waals surface area contributed by atoms with E-state index in [9.17, 15) is 9.59 Å². The molecule has 2 aromatic carbocycles. The average molecular weight is 499 g/mol. The monoisotopic (exact) mass is 498 g/mol. The van der Waals surface area contributed by atoms with Crippen LogP contribution in [0.2, 0.25) is 5.02 Å². The van der Waals surface area contributed by atoms with Crippen molar-refractivity contribution < 1.29 is 14.3 Å². The van der Waals surface area contributed by atoms with Crippen LogP contribution < -0.4 is 15.0 Å². The number of aromatic nitrogens is 2. The minimum absolute atomic E-state index is 0.0347. The first-order valence-electron chi connectivity index (χ1n) is 11.2. The first-order chi connectivity index (χ1) is 16.3. The summed E-state index contributed by atoms with van der Waals surface area (Å²) in [6.45, 7) is 6.97. The van der Waals surface area contributed by atoms with Crippen LogP contribution >= 0.6 is 22.9 Å². The fourth-order valence-electron chi connectivity index (χ4n) is 4.05. The van der Waals surface area contributed by atoms with Crippen LogP contribution in [0.5, 0.6) is 5.75 Å². The molecular weight excluding hydrogens is 472 g/mol. The van der Waals surface area contributed by atoms with Gasteiger partial charge in [0.1, 0.15) is 10.8 Å². The van der Waals surface area contributed by atoms with E-state index in [4.69, 9.17) is 16.3 Å². The largest absolute Gasteiger partial charge is 0.493 e. The van der Waals surface area contributed by atoms with E-state index >= 15 is 0 Å². The SMILES string of the molecule is Cc1cc(C)cc(N2CC(c3nnc(NC(=O)CCCOc4ccc(Cl)cc4C)s3)CC2=O)c1. The number of aryl methyl sites for hydroxylation is 3. The maximum Gasteiger partial charge on any atom is 0.227 e. The van der Waals surface area contributed by atoms with Crippen molar-refractivity contribution >= 4 is 45.6 Å². The van der Waals surface area contributed by atoms with Gasteiger partial charge in [0, 0.05) is 36.0 Å². The molecule has 178 valence electrons. The van der Waals surface area contributed by atoms with Crippen LogP contribution in [0.1, 0.15) is 46.9 Å². The van der Waals surface area contributed by atoms with Crippen molar-refractivity contribution in [2.75, 3.05) is 23.4 Å². The normalized spacial score (nSPS) is 15.6. The summed E-state index contributed by atoms with van der Waals surface area (Å²) in [5, 5.41) is 13.0. The fourth-order valence-corrected chi connectivity index (χ4v) is 5.13. The second kappa shape index (κ2) is 10.5. The van der Waals surface area contributed by atoms with Crippen molar-refractivity contribution in [3.8, 4) is 5.75 Å². The Morgan fingerprint density at radius 3 is 2.68 bits per heavy atom. The molecule has 1 aromatic heterocycles. The molecule has 0 bridgehead atoms. The molecule has 0 aliphatic carbocycles. The number of ether oxygens (including phenoxy) is 1. The lowest BCUT2D eigenvalue weighted by Gasteiger charge is -2.17. The molecule has 2 amide bonds. The Hall–Kier alpha value is -2.97. The topological polar surface area (TPSA) is 84.4 Å². The quantitative estimate of drug-likeness (QED) is 0.418. The smallest absolute Gasteiger partial charge is 0.227 e. The van der Waals surface area contributed by atoms with Crippen LogP contribution in [-0.2, 0) is 9.59 Å². The van der Waals surface area contributed by atoms with E-state index in [0.29, 0.717) is 42.6 Å². The summed E-state index contributed by atoms with van der Waals surface area (Å²) < 4.78 is 5.73. The third kappa shape index (κ3) is 5.93. The molecule has 3 aromatic rings. The van der Waals surface area contributed by atoms with Crippen LogP contribution in [0.3, 0.4) is 0 Å². The highest BCUT2D eigenvalue weighted by atomic mass is 35.5. The van der Waals surface area contributed by atoms with E-state index in [1.54, 1.807) is 6.07 Å². The third-order valence-corrected chi connectivity index (χ3v) is 6.86. The van der Waals surface area contributed by atoms with Gasteiger partial charge >= 0.3 is 0 Å².